The fourth-order valence-corrected chi connectivity index (χ4v) is 2.15. The van der Waals surface area contributed by atoms with Crippen LogP contribution >= 0.6 is 0 Å². The average molecular weight is 362 g/mol. The zero-order valence-electron chi connectivity index (χ0n) is 16.3. The van der Waals surface area contributed by atoms with Gasteiger partial charge in [-0.2, -0.15) is 0 Å². The van der Waals surface area contributed by atoms with Gasteiger partial charge in [0, 0.05) is 29.6 Å². The fraction of sp³-hybridized carbons (Fsp3) is 0.450. The second-order valence-corrected chi connectivity index (χ2v) is 5.98. The normalized spacial score (nSPS) is 17.5. The topological polar surface area (TPSA) is 90.7 Å². The molecular formula is C20H30N2O4. The Balaban J connectivity index is 0.000000390. The largest absolute Gasteiger partial charge is 0.478 e. The van der Waals surface area contributed by atoms with Crippen molar-refractivity contribution in [1.82, 2.24) is 9.88 Å². The summed E-state index contributed by atoms with van der Waals surface area (Å²) in [7, 11) is 2.19. The molecule has 0 bridgehead atoms. The molecule has 1 saturated heterocycles. The minimum atomic E-state index is -0.845. The monoisotopic (exact) mass is 362 g/mol. The number of hydrogen-bond acceptors (Lipinski definition) is 4. The number of likely N-dealkylation sites (tertiary alicyclic amines) is 1. The number of carbonyl (C=O) groups is 2. The molecule has 1 aromatic heterocycles. The molecule has 1 aliphatic heterocycles. The number of aliphatic carboxylic acids is 2. The first-order valence-corrected chi connectivity index (χ1v) is 8.57. The molecule has 1 aromatic rings. The summed E-state index contributed by atoms with van der Waals surface area (Å²) < 4.78 is 0. The molecule has 0 aromatic carbocycles. The van der Waals surface area contributed by atoms with Crippen molar-refractivity contribution >= 4 is 11.9 Å². The molecule has 1 fully saturated rings. The van der Waals surface area contributed by atoms with E-state index in [1.54, 1.807) is 39.8 Å². The van der Waals surface area contributed by atoms with Crippen molar-refractivity contribution in [2.24, 2.45) is 0 Å². The van der Waals surface area contributed by atoms with E-state index in [0.29, 0.717) is 17.2 Å². The zero-order valence-corrected chi connectivity index (χ0v) is 16.3. The third-order valence-corrected chi connectivity index (χ3v) is 4.13. The average Bonchev–Trinajstić information content (AvgIpc) is 3.07. The van der Waals surface area contributed by atoms with Crippen LogP contribution in [0.15, 0.2) is 47.8 Å². The molecule has 1 unspecified atom stereocenters. The first-order valence-electron chi connectivity index (χ1n) is 8.57. The molecule has 6 nitrogen and oxygen atoms in total. The van der Waals surface area contributed by atoms with Gasteiger partial charge in [0.1, 0.15) is 0 Å². The van der Waals surface area contributed by atoms with Crippen molar-refractivity contribution in [3.8, 4) is 0 Å². The predicted molar refractivity (Wildman–Crippen MR) is 103 cm³/mol. The van der Waals surface area contributed by atoms with Crippen LogP contribution in [0.2, 0.25) is 0 Å². The Kier molecular flexibility index (Phi) is 11.6. The van der Waals surface area contributed by atoms with E-state index >= 15 is 0 Å². The van der Waals surface area contributed by atoms with Crippen molar-refractivity contribution in [2.75, 3.05) is 13.6 Å². The second-order valence-electron chi connectivity index (χ2n) is 5.98. The van der Waals surface area contributed by atoms with E-state index in [1.807, 2.05) is 18.5 Å². The minimum absolute atomic E-state index is 0.389. The number of rotatable bonds is 3. The molecule has 1 aliphatic rings. The lowest BCUT2D eigenvalue weighted by molar-refractivity contribution is -0.133. The van der Waals surface area contributed by atoms with Crippen LogP contribution in [0.25, 0.3) is 0 Å². The van der Waals surface area contributed by atoms with Gasteiger partial charge in [0.2, 0.25) is 0 Å². The highest BCUT2D eigenvalue weighted by Crippen LogP contribution is 2.29. The summed E-state index contributed by atoms with van der Waals surface area (Å²) in [4.78, 5) is 26.3. The van der Waals surface area contributed by atoms with Crippen LogP contribution in [0.5, 0.6) is 0 Å². The molecule has 2 N–H and O–H groups in total. The number of carboxylic acids is 2. The van der Waals surface area contributed by atoms with E-state index < -0.39 is 11.9 Å². The quantitative estimate of drug-likeness (QED) is 0.792. The third kappa shape index (κ3) is 9.13. The molecule has 0 saturated carbocycles. The Morgan fingerprint density at radius 3 is 1.96 bits per heavy atom. The van der Waals surface area contributed by atoms with Gasteiger partial charge < -0.3 is 10.2 Å². The number of pyridine rings is 1. The lowest BCUT2D eigenvalue weighted by atomic mass is 10.1. The van der Waals surface area contributed by atoms with Gasteiger partial charge in [0.25, 0.3) is 0 Å². The molecule has 1 atom stereocenters. The molecule has 0 spiro atoms. The highest BCUT2D eigenvalue weighted by molar-refractivity contribution is 5.85. The van der Waals surface area contributed by atoms with Gasteiger partial charge in [-0.05, 0) is 65.8 Å². The Hall–Kier alpha value is -2.47. The van der Waals surface area contributed by atoms with Crippen molar-refractivity contribution in [1.29, 1.82) is 0 Å². The maximum absolute atomic E-state index is 9.86. The molecule has 0 amide bonds. The smallest absolute Gasteiger partial charge is 0.330 e. The van der Waals surface area contributed by atoms with Crippen molar-refractivity contribution in [3.05, 3.63) is 53.4 Å². The van der Waals surface area contributed by atoms with Crippen LogP contribution in [0, 0.1) is 0 Å². The van der Waals surface area contributed by atoms with Crippen LogP contribution in [-0.2, 0) is 9.59 Å². The van der Waals surface area contributed by atoms with E-state index in [4.69, 9.17) is 10.2 Å². The van der Waals surface area contributed by atoms with E-state index in [-0.39, 0.29) is 0 Å². The number of aromatic nitrogens is 1. The maximum Gasteiger partial charge on any atom is 0.330 e. The lowest BCUT2D eigenvalue weighted by Gasteiger charge is -2.18. The summed E-state index contributed by atoms with van der Waals surface area (Å²) >= 11 is 0. The van der Waals surface area contributed by atoms with E-state index in [2.05, 4.69) is 23.0 Å². The Labute approximate surface area is 155 Å². The van der Waals surface area contributed by atoms with Gasteiger partial charge in [0.15, 0.2) is 0 Å². The van der Waals surface area contributed by atoms with Gasteiger partial charge in [-0.3, -0.25) is 9.88 Å². The first-order chi connectivity index (χ1) is 12.2. The SMILES string of the molecule is C/C=C(/C)C(=O)O.C/C=C(/C)C(=O)O.CN1CCCC1c1cccnc1. The van der Waals surface area contributed by atoms with E-state index in [1.165, 1.54) is 24.9 Å². The molecule has 0 aliphatic carbocycles. The van der Waals surface area contributed by atoms with Crippen LogP contribution in [0.4, 0.5) is 0 Å². The Morgan fingerprint density at radius 2 is 1.69 bits per heavy atom. The fourth-order valence-electron chi connectivity index (χ4n) is 2.15. The van der Waals surface area contributed by atoms with Crippen LogP contribution < -0.4 is 0 Å². The molecular weight excluding hydrogens is 332 g/mol. The Bertz CT molecular complexity index is 596. The maximum atomic E-state index is 9.86. The second kappa shape index (κ2) is 12.8. The lowest BCUT2D eigenvalue weighted by Crippen LogP contribution is -2.17. The molecule has 144 valence electrons. The zero-order chi connectivity index (χ0) is 20.1. The van der Waals surface area contributed by atoms with Crippen molar-refractivity contribution in [3.63, 3.8) is 0 Å². The summed E-state index contributed by atoms with van der Waals surface area (Å²) in [5.74, 6) is -1.69. The number of carboxylic acid groups (broad SMARTS) is 2. The molecule has 2 rings (SSSR count). The van der Waals surface area contributed by atoms with Gasteiger partial charge in [-0.15, -0.1) is 0 Å². The molecule has 26 heavy (non-hydrogen) atoms. The van der Waals surface area contributed by atoms with Gasteiger partial charge in [0.05, 0.1) is 0 Å². The Morgan fingerprint density at radius 1 is 1.15 bits per heavy atom. The summed E-state index contributed by atoms with van der Waals surface area (Å²) in [6.45, 7) is 7.73. The van der Waals surface area contributed by atoms with E-state index in [0.717, 1.165) is 0 Å². The summed E-state index contributed by atoms with van der Waals surface area (Å²) in [5, 5.41) is 16.2. The highest BCUT2D eigenvalue weighted by Gasteiger charge is 2.21. The van der Waals surface area contributed by atoms with Crippen LogP contribution in [-0.4, -0.2) is 45.6 Å². The number of allylic oxidation sites excluding steroid dienone is 2. The molecule has 6 heteroatoms. The molecule has 0 radical (unpaired) electrons. The van der Waals surface area contributed by atoms with E-state index in [9.17, 15) is 9.59 Å². The van der Waals surface area contributed by atoms with Crippen LogP contribution in [0.1, 0.15) is 52.1 Å². The van der Waals surface area contributed by atoms with Gasteiger partial charge in [-0.25, -0.2) is 9.59 Å². The van der Waals surface area contributed by atoms with Crippen molar-refractivity contribution < 1.29 is 19.8 Å². The van der Waals surface area contributed by atoms with Gasteiger partial charge in [-0.1, -0.05) is 18.2 Å². The van der Waals surface area contributed by atoms with Crippen LogP contribution in [0.3, 0.4) is 0 Å². The summed E-state index contributed by atoms with van der Waals surface area (Å²) in [6.07, 6.45) is 9.52. The first kappa shape index (κ1) is 23.5. The number of hydrogen-bond donors (Lipinski definition) is 2. The summed E-state index contributed by atoms with van der Waals surface area (Å²) in [6, 6.07) is 4.79. The standard InChI is InChI=1S/C10H14N2.2C5H8O2/c1-12-7-3-5-10(12)9-4-2-6-11-8-9;2*1-3-4(2)5(6)7/h2,4,6,8,10H,3,5,7H2,1H3;2*3H,1-2H3,(H,6,7)/b;2*4-3-. The minimum Gasteiger partial charge on any atom is -0.478 e. The molecule has 2 heterocycles. The predicted octanol–water partition coefficient (Wildman–Crippen LogP) is 3.92. The van der Waals surface area contributed by atoms with Crippen molar-refractivity contribution in [2.45, 2.75) is 46.6 Å². The highest BCUT2D eigenvalue weighted by atomic mass is 16.4. The summed E-state index contributed by atoms with van der Waals surface area (Å²) in [5.41, 5.74) is 2.14. The van der Waals surface area contributed by atoms with Gasteiger partial charge >= 0.3 is 11.9 Å². The third-order valence-electron chi connectivity index (χ3n) is 4.13. The number of nitrogens with zero attached hydrogens (tertiary/aromatic N) is 2.